The largest absolute Gasteiger partial charge is 0.441 e. The Morgan fingerprint density at radius 3 is 2.46 bits per heavy atom. The van der Waals surface area contributed by atoms with E-state index in [1.165, 1.54) is 6.92 Å². The van der Waals surface area contributed by atoms with Gasteiger partial charge >= 0.3 is 6.09 Å². The molecule has 7 atom stereocenters. The summed E-state index contributed by atoms with van der Waals surface area (Å²) in [6.07, 6.45) is -5.38. The summed E-state index contributed by atoms with van der Waals surface area (Å²) in [5.41, 5.74) is 0. The van der Waals surface area contributed by atoms with Gasteiger partial charge in [0.1, 0.15) is 30.5 Å². The van der Waals surface area contributed by atoms with Gasteiger partial charge in [-0.3, -0.25) is 0 Å². The van der Waals surface area contributed by atoms with Gasteiger partial charge in [0.2, 0.25) is 0 Å². The van der Waals surface area contributed by atoms with Crippen LogP contribution in [0.4, 0.5) is 4.79 Å². The second kappa shape index (κ2) is 9.66. The predicted octanol–water partition coefficient (Wildman–Crippen LogP) is -0.560. The highest BCUT2D eigenvalue weighted by Gasteiger charge is 2.49. The number of carbonyl (C=O) groups is 1. The van der Waals surface area contributed by atoms with Crippen LogP contribution in [0, 0.1) is 26.1 Å². The molecule has 3 unspecified atom stereocenters. The molecule has 0 radical (unpaired) electrons. The van der Waals surface area contributed by atoms with E-state index in [1.54, 1.807) is 6.92 Å². The van der Waals surface area contributed by atoms with Crippen LogP contribution in [0.25, 0.3) is 0 Å². The van der Waals surface area contributed by atoms with Crippen molar-refractivity contribution >= 4 is 6.09 Å². The molecule has 2 aliphatic rings. The number of nitrogens with zero attached hydrogens (tertiary/aromatic N) is 2. The Hall–Kier alpha value is -2.45. The van der Waals surface area contributed by atoms with Crippen molar-refractivity contribution in [2.45, 2.75) is 56.9 Å². The third kappa shape index (κ3) is 5.77. The van der Waals surface area contributed by atoms with Crippen LogP contribution >= 0.6 is 0 Å². The van der Waals surface area contributed by atoms with Crippen molar-refractivity contribution in [2.24, 2.45) is 5.92 Å². The fraction of sp³-hybridized carbons (Fsp3) is 0.929. The molecule has 0 aromatic heterocycles. The number of aliphatic hydroxyl groups excluding tert-OH is 1. The molecular formula is C14H23N3O11. The van der Waals surface area contributed by atoms with Gasteiger partial charge in [0.25, 0.3) is 10.2 Å². The second-order valence-corrected chi connectivity index (χ2v) is 6.63. The average molecular weight is 409 g/mol. The number of hydrogen-bond acceptors (Lipinski definition) is 11. The van der Waals surface area contributed by atoms with Gasteiger partial charge in [-0.25, -0.2) is 4.79 Å². The van der Waals surface area contributed by atoms with Gasteiger partial charge in [-0.05, 0) is 19.3 Å². The summed E-state index contributed by atoms with van der Waals surface area (Å²) < 4.78 is 15.9. The van der Waals surface area contributed by atoms with Crippen molar-refractivity contribution in [3.05, 3.63) is 20.2 Å². The van der Waals surface area contributed by atoms with Crippen LogP contribution < -0.4 is 5.32 Å². The van der Waals surface area contributed by atoms with Crippen LogP contribution in [0.3, 0.4) is 0 Å². The van der Waals surface area contributed by atoms with Crippen molar-refractivity contribution in [3.8, 4) is 0 Å². The zero-order chi connectivity index (χ0) is 20.8. The van der Waals surface area contributed by atoms with Crippen molar-refractivity contribution in [3.63, 3.8) is 0 Å². The van der Waals surface area contributed by atoms with Crippen LogP contribution in [0.5, 0.6) is 0 Å². The summed E-state index contributed by atoms with van der Waals surface area (Å²) in [7, 11) is 0. The molecule has 2 aliphatic heterocycles. The number of amides is 1. The van der Waals surface area contributed by atoms with E-state index in [2.05, 4.69) is 15.0 Å². The van der Waals surface area contributed by atoms with E-state index in [1.807, 2.05) is 0 Å². The number of rotatable bonds is 10. The Bertz CT molecular complexity index is 577. The van der Waals surface area contributed by atoms with Crippen LogP contribution in [0.1, 0.15) is 20.3 Å². The predicted molar refractivity (Wildman–Crippen MR) is 86.9 cm³/mol. The molecule has 2 N–H and O–H groups in total. The van der Waals surface area contributed by atoms with E-state index >= 15 is 0 Å². The maximum atomic E-state index is 11.9. The van der Waals surface area contributed by atoms with Gasteiger partial charge in [-0.2, -0.15) is 0 Å². The maximum absolute atomic E-state index is 11.9. The Morgan fingerprint density at radius 1 is 1.18 bits per heavy atom. The van der Waals surface area contributed by atoms with E-state index in [4.69, 9.17) is 14.2 Å². The van der Waals surface area contributed by atoms with Crippen molar-refractivity contribution in [1.82, 2.24) is 5.32 Å². The number of aliphatic hydroxyl groups is 1. The first-order chi connectivity index (χ1) is 13.2. The van der Waals surface area contributed by atoms with Gasteiger partial charge in [-0.1, -0.05) is 6.92 Å². The highest BCUT2D eigenvalue weighted by molar-refractivity contribution is 5.67. The monoisotopic (exact) mass is 409 g/mol. The average Bonchev–Trinajstić information content (AvgIpc) is 3.15. The normalized spacial score (nSPS) is 29.2. The fourth-order valence-electron chi connectivity index (χ4n) is 3.24. The third-order valence-corrected chi connectivity index (χ3v) is 4.59. The molecule has 1 amide bonds. The van der Waals surface area contributed by atoms with Crippen LogP contribution in [0.15, 0.2) is 0 Å². The maximum Gasteiger partial charge on any atom is 0.407 e. The molecule has 0 aromatic carbocycles. The third-order valence-electron chi connectivity index (χ3n) is 4.59. The molecule has 14 heteroatoms. The first-order valence-electron chi connectivity index (χ1n) is 8.67. The Balaban J connectivity index is 1.76. The lowest BCUT2D eigenvalue weighted by molar-refractivity contribution is -0.799. The van der Waals surface area contributed by atoms with E-state index in [0.29, 0.717) is 0 Å². The SMILES string of the molecule is CC(CCNC(=O)O[C@@H]1CO[C@H]2[C@@H]1OC[C@H]2O)C(O[N+](=O)[O-])C(C)O[N+](=O)[O-]. The topological polar surface area (TPSA) is 182 Å². The van der Waals surface area contributed by atoms with Gasteiger partial charge in [0.15, 0.2) is 6.10 Å². The Morgan fingerprint density at radius 2 is 1.82 bits per heavy atom. The molecule has 0 spiro atoms. The summed E-state index contributed by atoms with van der Waals surface area (Å²) in [5.74, 6) is -0.548. The first-order valence-corrected chi connectivity index (χ1v) is 8.67. The highest BCUT2D eigenvalue weighted by atomic mass is 17.0. The lowest BCUT2D eigenvalue weighted by Crippen LogP contribution is -2.40. The van der Waals surface area contributed by atoms with Crippen molar-refractivity contribution in [2.75, 3.05) is 19.8 Å². The fourth-order valence-corrected chi connectivity index (χ4v) is 3.24. The summed E-state index contributed by atoms with van der Waals surface area (Å²) in [5, 5.41) is 31.1. The molecule has 2 heterocycles. The van der Waals surface area contributed by atoms with Gasteiger partial charge in [-0.15, -0.1) is 20.2 Å². The Kier molecular flexibility index (Phi) is 7.53. The summed E-state index contributed by atoms with van der Waals surface area (Å²) in [4.78, 5) is 41.8. The smallest absolute Gasteiger partial charge is 0.407 e. The number of carbonyl (C=O) groups excluding carboxylic acids is 1. The van der Waals surface area contributed by atoms with Gasteiger partial charge in [0, 0.05) is 6.54 Å². The van der Waals surface area contributed by atoms with Crippen LogP contribution in [-0.4, -0.2) is 77.8 Å². The lowest BCUT2D eigenvalue weighted by Gasteiger charge is -2.26. The molecule has 28 heavy (non-hydrogen) atoms. The molecule has 2 saturated heterocycles. The van der Waals surface area contributed by atoms with Crippen LogP contribution in [-0.2, 0) is 23.9 Å². The molecule has 0 aliphatic carbocycles. The molecule has 0 saturated carbocycles. The minimum Gasteiger partial charge on any atom is -0.441 e. The van der Waals surface area contributed by atoms with Crippen molar-refractivity contribution in [1.29, 1.82) is 0 Å². The number of alkyl carbamates (subject to hydrolysis) is 1. The molecule has 160 valence electrons. The summed E-state index contributed by atoms with van der Waals surface area (Å²) in [6, 6.07) is 0. The van der Waals surface area contributed by atoms with Gasteiger partial charge < -0.3 is 34.3 Å². The minimum absolute atomic E-state index is 0.0773. The summed E-state index contributed by atoms with van der Waals surface area (Å²) in [6.45, 7) is 3.14. The molecular weight excluding hydrogens is 386 g/mol. The van der Waals surface area contributed by atoms with E-state index in [0.717, 1.165) is 0 Å². The minimum atomic E-state index is -1.20. The Labute approximate surface area is 159 Å². The molecule has 14 nitrogen and oxygen atoms in total. The number of nitrogens with one attached hydrogen (secondary N) is 1. The van der Waals surface area contributed by atoms with Gasteiger partial charge in [0.05, 0.1) is 13.2 Å². The molecule has 0 aromatic rings. The lowest BCUT2D eigenvalue weighted by atomic mass is 9.97. The number of ether oxygens (including phenoxy) is 3. The molecule has 2 fully saturated rings. The van der Waals surface area contributed by atoms with E-state index in [-0.39, 0.29) is 26.2 Å². The van der Waals surface area contributed by atoms with Crippen LogP contribution in [0.2, 0.25) is 0 Å². The van der Waals surface area contributed by atoms with E-state index in [9.17, 15) is 30.1 Å². The first kappa shape index (κ1) is 21.8. The molecule has 0 bridgehead atoms. The zero-order valence-corrected chi connectivity index (χ0v) is 15.3. The van der Waals surface area contributed by atoms with E-state index < -0.39 is 58.8 Å². The quantitative estimate of drug-likeness (QED) is 0.348. The molecule has 2 rings (SSSR count). The number of fused-ring (bicyclic) bond motifs is 1. The highest BCUT2D eigenvalue weighted by Crippen LogP contribution is 2.28. The summed E-state index contributed by atoms with van der Waals surface area (Å²) >= 11 is 0. The number of hydrogen-bond donors (Lipinski definition) is 2. The second-order valence-electron chi connectivity index (χ2n) is 6.63. The zero-order valence-electron chi connectivity index (χ0n) is 15.3. The standard InChI is InChI=1S/C14H23N3O11/c1-7(11(28-17(22)23)8(2)27-16(20)21)3-4-15-14(19)26-10-6-25-12-9(18)5-24-13(10)12/h7-13,18H,3-6H2,1-2H3,(H,15,19)/t7?,8?,9-,10-,11?,12-,13-/m1/s1. The van der Waals surface area contributed by atoms with Crippen molar-refractivity contribution < 1.29 is 44.0 Å².